The van der Waals surface area contributed by atoms with Crippen LogP contribution in [-0.2, 0) is 4.79 Å². The smallest absolute Gasteiger partial charge is 0.225 e. The fourth-order valence-electron chi connectivity index (χ4n) is 1.65. The third-order valence-electron chi connectivity index (χ3n) is 2.86. The largest absolute Gasteiger partial charge is 0.387 e. The zero-order valence-corrected chi connectivity index (χ0v) is 9.32. The predicted octanol–water partition coefficient (Wildman–Crippen LogP) is 0.195. The number of halogens is 1. The van der Waals surface area contributed by atoms with Crippen LogP contribution in [0.5, 0.6) is 0 Å². The van der Waals surface area contributed by atoms with Crippen molar-refractivity contribution in [1.82, 2.24) is 10.6 Å². The van der Waals surface area contributed by atoms with Crippen molar-refractivity contribution in [2.24, 2.45) is 5.92 Å². The molecule has 0 aromatic heterocycles. The van der Waals surface area contributed by atoms with Crippen molar-refractivity contribution in [3.05, 3.63) is 35.6 Å². The third-order valence-corrected chi connectivity index (χ3v) is 2.86. The summed E-state index contributed by atoms with van der Waals surface area (Å²) < 4.78 is 12.9. The molecule has 0 aliphatic carbocycles. The lowest BCUT2D eigenvalue weighted by molar-refractivity contribution is -0.126. The Morgan fingerprint density at radius 2 is 2.35 bits per heavy atom. The molecule has 1 saturated heterocycles. The van der Waals surface area contributed by atoms with Gasteiger partial charge in [0.25, 0.3) is 0 Å². The molecule has 0 bridgehead atoms. The Kier molecular flexibility index (Phi) is 3.71. The molecule has 1 amide bonds. The molecule has 2 rings (SSSR count). The molecule has 17 heavy (non-hydrogen) atoms. The first kappa shape index (κ1) is 12.0. The minimum atomic E-state index is -0.873. The van der Waals surface area contributed by atoms with Gasteiger partial charge >= 0.3 is 0 Å². The summed E-state index contributed by atoms with van der Waals surface area (Å²) in [6.07, 6.45) is -0.873. The first-order valence-electron chi connectivity index (χ1n) is 5.59. The summed E-state index contributed by atoms with van der Waals surface area (Å²) in [4.78, 5) is 11.5. The van der Waals surface area contributed by atoms with Gasteiger partial charge in [0.1, 0.15) is 5.82 Å². The van der Waals surface area contributed by atoms with E-state index in [-0.39, 0.29) is 18.4 Å². The highest BCUT2D eigenvalue weighted by Gasteiger charge is 2.24. The minimum absolute atomic E-state index is 0.00490. The first-order chi connectivity index (χ1) is 8.16. The molecule has 0 radical (unpaired) electrons. The van der Waals surface area contributed by atoms with Crippen molar-refractivity contribution in [3.8, 4) is 0 Å². The number of benzene rings is 1. The lowest BCUT2D eigenvalue weighted by Gasteiger charge is -2.26. The lowest BCUT2D eigenvalue weighted by atomic mass is 10.0. The molecule has 1 aliphatic heterocycles. The van der Waals surface area contributed by atoms with E-state index in [4.69, 9.17) is 0 Å². The summed E-state index contributed by atoms with van der Waals surface area (Å²) in [5.74, 6) is -0.468. The standard InChI is InChI=1S/C12H15FN2O2/c13-10-3-1-2-8(4-10)11(16)7-15-12(17)9-5-14-6-9/h1-4,9,11,14,16H,5-7H2,(H,15,17). The van der Waals surface area contributed by atoms with Gasteiger partial charge in [-0.15, -0.1) is 0 Å². The van der Waals surface area contributed by atoms with Crippen LogP contribution in [0, 0.1) is 11.7 Å². The van der Waals surface area contributed by atoms with Crippen LogP contribution < -0.4 is 10.6 Å². The van der Waals surface area contributed by atoms with Crippen LogP contribution in [-0.4, -0.2) is 30.6 Å². The number of carbonyl (C=O) groups excluding carboxylic acids is 1. The molecule has 0 spiro atoms. The molecule has 1 aromatic carbocycles. The summed E-state index contributed by atoms with van der Waals surface area (Å²) in [6, 6.07) is 5.74. The summed E-state index contributed by atoms with van der Waals surface area (Å²) in [5, 5.41) is 15.4. The van der Waals surface area contributed by atoms with E-state index in [1.54, 1.807) is 6.07 Å². The van der Waals surface area contributed by atoms with Gasteiger partial charge in [-0.25, -0.2) is 4.39 Å². The number of aliphatic hydroxyl groups excluding tert-OH is 1. The van der Waals surface area contributed by atoms with E-state index in [1.165, 1.54) is 18.2 Å². The average molecular weight is 238 g/mol. The van der Waals surface area contributed by atoms with Crippen molar-refractivity contribution in [2.75, 3.05) is 19.6 Å². The quantitative estimate of drug-likeness (QED) is 0.702. The molecular weight excluding hydrogens is 223 g/mol. The summed E-state index contributed by atoms with van der Waals surface area (Å²) in [5.41, 5.74) is 0.469. The van der Waals surface area contributed by atoms with Crippen LogP contribution in [0.1, 0.15) is 11.7 Å². The fourth-order valence-corrected chi connectivity index (χ4v) is 1.65. The van der Waals surface area contributed by atoms with E-state index in [2.05, 4.69) is 10.6 Å². The Labute approximate surface area is 98.8 Å². The van der Waals surface area contributed by atoms with Gasteiger partial charge < -0.3 is 15.7 Å². The maximum atomic E-state index is 12.9. The highest BCUT2D eigenvalue weighted by molar-refractivity contribution is 5.80. The van der Waals surface area contributed by atoms with Gasteiger partial charge in [0, 0.05) is 19.6 Å². The van der Waals surface area contributed by atoms with Gasteiger partial charge in [-0.05, 0) is 17.7 Å². The number of hydrogen-bond acceptors (Lipinski definition) is 3. The minimum Gasteiger partial charge on any atom is -0.387 e. The maximum Gasteiger partial charge on any atom is 0.225 e. The van der Waals surface area contributed by atoms with E-state index in [0.29, 0.717) is 18.7 Å². The number of carbonyl (C=O) groups is 1. The van der Waals surface area contributed by atoms with E-state index < -0.39 is 11.9 Å². The average Bonchev–Trinajstić information content (AvgIpc) is 2.23. The normalized spacial score (nSPS) is 17.3. The lowest BCUT2D eigenvalue weighted by Crippen LogP contribution is -2.51. The summed E-state index contributed by atoms with van der Waals surface area (Å²) >= 11 is 0. The Balaban J connectivity index is 1.84. The molecule has 92 valence electrons. The molecule has 1 unspecified atom stereocenters. The Morgan fingerprint density at radius 3 is 2.94 bits per heavy atom. The number of nitrogens with one attached hydrogen (secondary N) is 2. The van der Waals surface area contributed by atoms with Crippen LogP contribution >= 0.6 is 0 Å². The van der Waals surface area contributed by atoms with Crippen molar-refractivity contribution >= 4 is 5.91 Å². The van der Waals surface area contributed by atoms with Gasteiger partial charge in [-0.1, -0.05) is 12.1 Å². The second-order valence-electron chi connectivity index (χ2n) is 4.17. The molecule has 1 aliphatic rings. The number of hydrogen-bond donors (Lipinski definition) is 3. The maximum absolute atomic E-state index is 12.9. The molecular formula is C12H15FN2O2. The van der Waals surface area contributed by atoms with Crippen LogP contribution in [0.3, 0.4) is 0 Å². The van der Waals surface area contributed by atoms with Gasteiger partial charge in [-0.2, -0.15) is 0 Å². The monoisotopic (exact) mass is 238 g/mol. The Morgan fingerprint density at radius 1 is 1.59 bits per heavy atom. The molecule has 5 heteroatoms. The molecule has 3 N–H and O–H groups in total. The zero-order valence-electron chi connectivity index (χ0n) is 9.32. The molecule has 1 aromatic rings. The summed E-state index contributed by atoms with van der Waals surface area (Å²) in [7, 11) is 0. The van der Waals surface area contributed by atoms with Crippen molar-refractivity contribution in [2.45, 2.75) is 6.10 Å². The van der Waals surface area contributed by atoms with Crippen molar-refractivity contribution < 1.29 is 14.3 Å². The Hall–Kier alpha value is -1.46. The highest BCUT2D eigenvalue weighted by Crippen LogP contribution is 2.13. The molecule has 0 saturated carbocycles. The highest BCUT2D eigenvalue weighted by atomic mass is 19.1. The molecule has 1 atom stereocenters. The van der Waals surface area contributed by atoms with Gasteiger partial charge in [-0.3, -0.25) is 4.79 Å². The summed E-state index contributed by atoms with van der Waals surface area (Å²) in [6.45, 7) is 1.47. The van der Waals surface area contributed by atoms with E-state index >= 15 is 0 Å². The van der Waals surface area contributed by atoms with Crippen LogP contribution in [0.4, 0.5) is 4.39 Å². The SMILES string of the molecule is O=C(NCC(O)c1cccc(F)c1)C1CNC1. The van der Waals surface area contributed by atoms with E-state index in [1.807, 2.05) is 0 Å². The topological polar surface area (TPSA) is 61.4 Å². The van der Waals surface area contributed by atoms with Gasteiger partial charge in [0.2, 0.25) is 5.91 Å². The molecule has 4 nitrogen and oxygen atoms in total. The van der Waals surface area contributed by atoms with Crippen molar-refractivity contribution in [1.29, 1.82) is 0 Å². The Bertz CT molecular complexity index is 407. The van der Waals surface area contributed by atoms with Crippen LogP contribution in [0.2, 0.25) is 0 Å². The van der Waals surface area contributed by atoms with Gasteiger partial charge in [0.15, 0.2) is 0 Å². The molecule has 1 heterocycles. The second-order valence-corrected chi connectivity index (χ2v) is 4.17. The predicted molar refractivity (Wildman–Crippen MR) is 60.7 cm³/mol. The van der Waals surface area contributed by atoms with E-state index in [9.17, 15) is 14.3 Å². The third kappa shape index (κ3) is 3.01. The molecule has 1 fully saturated rings. The second kappa shape index (κ2) is 5.25. The fraction of sp³-hybridized carbons (Fsp3) is 0.417. The van der Waals surface area contributed by atoms with Crippen LogP contribution in [0.15, 0.2) is 24.3 Å². The van der Waals surface area contributed by atoms with Crippen molar-refractivity contribution in [3.63, 3.8) is 0 Å². The number of aliphatic hydroxyl groups is 1. The van der Waals surface area contributed by atoms with Crippen LogP contribution in [0.25, 0.3) is 0 Å². The first-order valence-corrected chi connectivity index (χ1v) is 5.59. The van der Waals surface area contributed by atoms with E-state index in [0.717, 1.165) is 0 Å². The zero-order chi connectivity index (χ0) is 12.3. The number of amides is 1. The number of rotatable bonds is 4. The van der Waals surface area contributed by atoms with Gasteiger partial charge in [0.05, 0.1) is 12.0 Å².